The molecule has 3 heterocycles. The van der Waals surface area contributed by atoms with E-state index >= 15 is 0 Å². The molecule has 0 spiro atoms. The number of fused-ring (bicyclic) bond motifs is 1. The van der Waals surface area contributed by atoms with Gasteiger partial charge >= 0.3 is 5.69 Å². The molecule has 9 nitrogen and oxygen atoms in total. The van der Waals surface area contributed by atoms with Crippen molar-refractivity contribution in [3.8, 4) is 5.75 Å². The fourth-order valence-corrected chi connectivity index (χ4v) is 4.61. The van der Waals surface area contributed by atoms with Crippen LogP contribution in [0, 0.1) is 0 Å². The van der Waals surface area contributed by atoms with E-state index in [-0.39, 0.29) is 23.6 Å². The smallest absolute Gasteiger partial charge is 0.346 e. The first-order valence-electron chi connectivity index (χ1n) is 11.2. The van der Waals surface area contributed by atoms with Gasteiger partial charge in [-0.1, -0.05) is 0 Å². The lowest BCUT2D eigenvalue weighted by atomic mass is 9.96. The Hall–Kier alpha value is -3.07. The summed E-state index contributed by atoms with van der Waals surface area (Å²) in [6, 6.07) is 7.86. The van der Waals surface area contributed by atoms with Crippen molar-refractivity contribution in [2.75, 3.05) is 33.9 Å². The number of hydrogen-bond donors (Lipinski definition) is 1. The van der Waals surface area contributed by atoms with Gasteiger partial charge in [0.05, 0.1) is 20.3 Å². The minimum Gasteiger partial charge on any atom is -0.497 e. The second-order valence-electron chi connectivity index (χ2n) is 8.68. The summed E-state index contributed by atoms with van der Waals surface area (Å²) in [6.45, 7) is 2.15. The number of H-pyrrole nitrogens is 1. The van der Waals surface area contributed by atoms with Crippen LogP contribution < -0.4 is 10.4 Å². The standard InChI is InChI=1S/C23H29N5O4/c1-31-11-10-27-23(30)28(17-6-7-17)21(25-27)16-4-3-9-26(14-16)22(29)20-12-15-5-8-18(32-2)13-19(15)24-20/h5,8,12-13,16-17,24H,3-4,6-7,9-11,14H2,1-2H3. The fraction of sp³-hybridized carbons (Fsp3) is 0.522. The maximum Gasteiger partial charge on any atom is 0.346 e. The van der Waals surface area contributed by atoms with Crippen LogP contribution >= 0.6 is 0 Å². The highest BCUT2D eigenvalue weighted by Crippen LogP contribution is 2.37. The molecular formula is C23H29N5O4. The molecule has 3 aromatic rings. The highest BCUT2D eigenvalue weighted by Gasteiger charge is 2.35. The lowest BCUT2D eigenvalue weighted by Crippen LogP contribution is -2.40. The number of amides is 1. The molecule has 0 radical (unpaired) electrons. The molecule has 170 valence electrons. The van der Waals surface area contributed by atoms with Crippen molar-refractivity contribution in [2.45, 2.75) is 44.2 Å². The van der Waals surface area contributed by atoms with E-state index in [4.69, 9.17) is 9.47 Å². The monoisotopic (exact) mass is 439 g/mol. The van der Waals surface area contributed by atoms with E-state index in [1.807, 2.05) is 33.7 Å². The summed E-state index contributed by atoms with van der Waals surface area (Å²) in [5, 5.41) is 5.65. The molecule has 1 N–H and O–H groups in total. The van der Waals surface area contributed by atoms with Gasteiger partial charge in [0.2, 0.25) is 0 Å². The average molecular weight is 440 g/mol. The highest BCUT2D eigenvalue weighted by molar-refractivity contribution is 5.98. The van der Waals surface area contributed by atoms with Gasteiger partial charge < -0.3 is 19.4 Å². The normalized spacial score (nSPS) is 18.9. The first-order chi connectivity index (χ1) is 15.6. The number of methoxy groups -OCH3 is 2. The lowest BCUT2D eigenvalue weighted by molar-refractivity contribution is 0.0698. The maximum atomic E-state index is 13.3. The van der Waals surface area contributed by atoms with Crippen molar-refractivity contribution >= 4 is 16.8 Å². The second kappa shape index (κ2) is 8.46. The number of carbonyl (C=O) groups excluding carboxylic acids is 1. The molecule has 9 heteroatoms. The quantitative estimate of drug-likeness (QED) is 0.611. The predicted octanol–water partition coefficient (Wildman–Crippen LogP) is 2.54. The van der Waals surface area contributed by atoms with Gasteiger partial charge in [-0.05, 0) is 43.9 Å². The Kier molecular flexibility index (Phi) is 5.50. The number of aromatic nitrogens is 4. The Morgan fingerprint density at radius 3 is 2.81 bits per heavy atom. The van der Waals surface area contributed by atoms with Gasteiger partial charge in [0, 0.05) is 49.1 Å². The SMILES string of the molecule is COCCn1nc(C2CCCN(C(=O)c3cc4ccc(OC)cc4[nH]3)C2)n(C2CC2)c1=O. The zero-order chi connectivity index (χ0) is 22.2. The minimum atomic E-state index is -0.0624. The van der Waals surface area contributed by atoms with Crippen LogP contribution in [0.3, 0.4) is 0 Å². The first kappa shape index (κ1) is 20.8. The number of hydrogen-bond acceptors (Lipinski definition) is 5. The molecule has 5 rings (SSSR count). The number of likely N-dealkylation sites (tertiary alicyclic amines) is 1. The van der Waals surface area contributed by atoms with Crippen LogP contribution in [0.5, 0.6) is 5.75 Å². The second-order valence-corrected chi connectivity index (χ2v) is 8.68. The summed E-state index contributed by atoms with van der Waals surface area (Å²) in [6.07, 6.45) is 3.82. The van der Waals surface area contributed by atoms with Crippen molar-refractivity contribution in [1.82, 2.24) is 24.2 Å². The Morgan fingerprint density at radius 2 is 2.06 bits per heavy atom. The summed E-state index contributed by atoms with van der Waals surface area (Å²) in [5.41, 5.74) is 1.38. The van der Waals surface area contributed by atoms with Gasteiger partial charge in [0.15, 0.2) is 0 Å². The van der Waals surface area contributed by atoms with Crippen LogP contribution in [0.1, 0.15) is 54.0 Å². The molecule has 1 aliphatic carbocycles. The molecule has 1 aromatic carbocycles. The maximum absolute atomic E-state index is 13.3. The van der Waals surface area contributed by atoms with Crippen LogP contribution in [-0.2, 0) is 11.3 Å². The third-order valence-electron chi connectivity index (χ3n) is 6.45. The van der Waals surface area contributed by atoms with Crippen molar-refractivity contribution in [1.29, 1.82) is 0 Å². The van der Waals surface area contributed by atoms with Crippen molar-refractivity contribution in [3.63, 3.8) is 0 Å². The number of piperidine rings is 1. The highest BCUT2D eigenvalue weighted by atomic mass is 16.5. The number of aromatic amines is 1. The van der Waals surface area contributed by atoms with Crippen molar-refractivity contribution < 1.29 is 14.3 Å². The molecule has 1 amide bonds. The van der Waals surface area contributed by atoms with Gasteiger partial charge in [-0.15, -0.1) is 0 Å². The van der Waals surface area contributed by atoms with E-state index in [1.54, 1.807) is 14.2 Å². The minimum absolute atomic E-state index is 0.0241. The third kappa shape index (κ3) is 3.81. The molecule has 32 heavy (non-hydrogen) atoms. The summed E-state index contributed by atoms with van der Waals surface area (Å²) in [4.78, 5) is 31.3. The number of nitrogens with zero attached hydrogens (tertiary/aromatic N) is 4. The van der Waals surface area contributed by atoms with E-state index in [1.165, 1.54) is 4.68 Å². The van der Waals surface area contributed by atoms with E-state index < -0.39 is 0 Å². The molecule has 1 atom stereocenters. The lowest BCUT2D eigenvalue weighted by Gasteiger charge is -2.32. The molecule has 2 aromatic heterocycles. The zero-order valence-electron chi connectivity index (χ0n) is 18.5. The van der Waals surface area contributed by atoms with E-state index in [0.717, 1.165) is 48.2 Å². The van der Waals surface area contributed by atoms with Crippen LogP contribution in [0.4, 0.5) is 0 Å². The predicted molar refractivity (Wildman–Crippen MR) is 119 cm³/mol. The topological polar surface area (TPSA) is 94.4 Å². The Labute approximate surface area is 185 Å². The Bertz CT molecular complexity index is 1190. The third-order valence-corrected chi connectivity index (χ3v) is 6.45. The van der Waals surface area contributed by atoms with Crippen LogP contribution in [0.25, 0.3) is 10.9 Å². The van der Waals surface area contributed by atoms with Gasteiger partial charge in [-0.25, -0.2) is 9.48 Å². The number of rotatable bonds is 7. The summed E-state index contributed by atoms with van der Waals surface area (Å²) < 4.78 is 13.8. The van der Waals surface area contributed by atoms with E-state index in [9.17, 15) is 9.59 Å². The molecule has 2 fully saturated rings. The van der Waals surface area contributed by atoms with Gasteiger partial charge in [-0.2, -0.15) is 5.10 Å². The van der Waals surface area contributed by atoms with E-state index in [2.05, 4.69) is 10.1 Å². The largest absolute Gasteiger partial charge is 0.497 e. The number of benzene rings is 1. The molecular weight excluding hydrogens is 410 g/mol. The summed E-state index contributed by atoms with van der Waals surface area (Å²) in [5.74, 6) is 1.59. The number of nitrogens with one attached hydrogen (secondary N) is 1. The number of ether oxygens (including phenoxy) is 2. The van der Waals surface area contributed by atoms with Gasteiger partial charge in [0.1, 0.15) is 17.3 Å². The van der Waals surface area contributed by atoms with Gasteiger partial charge in [0.25, 0.3) is 5.91 Å². The van der Waals surface area contributed by atoms with E-state index in [0.29, 0.717) is 31.9 Å². The van der Waals surface area contributed by atoms with Crippen molar-refractivity contribution in [3.05, 3.63) is 46.3 Å². The van der Waals surface area contributed by atoms with Crippen LogP contribution in [-0.4, -0.2) is 64.1 Å². The molecule has 1 saturated carbocycles. The summed E-state index contributed by atoms with van der Waals surface area (Å²) >= 11 is 0. The zero-order valence-corrected chi connectivity index (χ0v) is 18.5. The molecule has 2 aliphatic rings. The molecule has 1 unspecified atom stereocenters. The van der Waals surface area contributed by atoms with Crippen LogP contribution in [0.15, 0.2) is 29.1 Å². The fourth-order valence-electron chi connectivity index (χ4n) is 4.61. The summed E-state index contributed by atoms with van der Waals surface area (Å²) in [7, 11) is 3.25. The molecule has 1 aliphatic heterocycles. The number of carbonyl (C=O) groups is 1. The van der Waals surface area contributed by atoms with Crippen LogP contribution in [0.2, 0.25) is 0 Å². The van der Waals surface area contributed by atoms with Crippen molar-refractivity contribution in [2.24, 2.45) is 0 Å². The molecule has 0 bridgehead atoms. The first-order valence-corrected chi connectivity index (χ1v) is 11.2. The Morgan fingerprint density at radius 1 is 1.22 bits per heavy atom. The average Bonchev–Trinajstić information content (AvgIpc) is 3.48. The molecule has 1 saturated heterocycles. The van der Waals surface area contributed by atoms with Gasteiger partial charge in [-0.3, -0.25) is 9.36 Å². The Balaban J connectivity index is 1.39.